The van der Waals surface area contributed by atoms with Crippen LogP contribution in [0.3, 0.4) is 0 Å². The number of unbranched alkanes of at least 4 members (excludes halogenated alkanes) is 4. The van der Waals surface area contributed by atoms with Crippen LogP contribution in [0.2, 0.25) is 0 Å². The Kier molecular flexibility index (Phi) is 12.4. The second-order valence-electron chi connectivity index (χ2n) is 14.5. The molecule has 5 fully saturated rings. The van der Waals surface area contributed by atoms with Crippen LogP contribution in [0.25, 0.3) is 6.08 Å². The molecule has 0 unspecified atom stereocenters. The summed E-state index contributed by atoms with van der Waals surface area (Å²) in [6.45, 7) is 4.86. The number of ether oxygens (including phenoxy) is 4. The average Bonchev–Trinajstić information content (AvgIpc) is 3.85. The maximum Gasteiger partial charge on any atom is 0.327 e. The molecule has 0 radical (unpaired) electrons. The summed E-state index contributed by atoms with van der Waals surface area (Å²) in [7, 11) is 0. The van der Waals surface area contributed by atoms with Crippen LogP contribution in [0.15, 0.2) is 30.5 Å². The van der Waals surface area contributed by atoms with E-state index in [4.69, 9.17) is 28.9 Å². The first-order valence-electron chi connectivity index (χ1n) is 19.0. The van der Waals surface area contributed by atoms with E-state index in [1.54, 1.807) is 16.0 Å². The summed E-state index contributed by atoms with van der Waals surface area (Å²) in [5.74, 6) is -2.05. The largest absolute Gasteiger partial charge is 0.499 e. The summed E-state index contributed by atoms with van der Waals surface area (Å²) in [6.07, 6.45) is 9.20. The lowest BCUT2D eigenvalue weighted by Gasteiger charge is -2.50. The van der Waals surface area contributed by atoms with Crippen molar-refractivity contribution in [2.45, 2.75) is 133 Å². The summed E-state index contributed by atoms with van der Waals surface area (Å²) in [5, 5.41) is 22.7. The van der Waals surface area contributed by atoms with Crippen molar-refractivity contribution in [2.75, 3.05) is 32.9 Å². The van der Waals surface area contributed by atoms with E-state index in [0.29, 0.717) is 32.2 Å². The SMILES string of the molecule is CCCCCC1(CCCCC)O[C@@H]2[C@H](O1)[C@H]1ON(Cc3cccc(C=COCCO)c3)[C@@H]3C(=O)O[C@@H]2C[C@]13C(=O)N1CCC[C@@H]1C(=O)NCCO. The zero-order valence-electron chi connectivity index (χ0n) is 30.0. The molecule has 13 nitrogen and oxygen atoms in total. The standard InChI is InChI=1S/C38H55N3O10/c1-3-5-7-15-37(16-8-6-4-2)49-30-29-24-38(36(46)40-18-10-13-28(40)34(44)39-17-19-42)32(35(45)48-29)41(51-33(38)31(30)50-37)25-27-12-9-11-26(23-27)14-21-47-22-20-43/h9,11-12,14,21,23,28-33,42-43H,3-8,10,13,15-20,22,24-25H2,1-2H3,(H,39,44)/t28-,29-,30+,31+,32-,33-,38-/m1/s1. The molecule has 1 aromatic rings. The van der Waals surface area contributed by atoms with Gasteiger partial charge in [-0.1, -0.05) is 63.8 Å². The highest BCUT2D eigenvalue weighted by Gasteiger charge is 2.77. The number of hydrogen-bond donors (Lipinski definition) is 3. The smallest absolute Gasteiger partial charge is 0.327 e. The number of aliphatic hydroxyl groups is 2. The first-order chi connectivity index (χ1) is 24.8. The van der Waals surface area contributed by atoms with Crippen LogP contribution in [0.5, 0.6) is 0 Å². The molecule has 1 aromatic carbocycles. The van der Waals surface area contributed by atoms with E-state index < -0.39 is 53.7 Å². The number of hydroxylamine groups is 2. The van der Waals surface area contributed by atoms with Gasteiger partial charge in [0.15, 0.2) is 11.8 Å². The number of carbonyl (C=O) groups excluding carboxylic acids is 3. The van der Waals surface area contributed by atoms with Gasteiger partial charge in [0.25, 0.3) is 0 Å². The summed E-state index contributed by atoms with van der Waals surface area (Å²) in [5.41, 5.74) is 0.319. The Hall–Kier alpha value is -3.07. The van der Waals surface area contributed by atoms with E-state index in [1.807, 2.05) is 24.3 Å². The topological polar surface area (TPSA) is 156 Å². The van der Waals surface area contributed by atoms with Crippen molar-refractivity contribution in [3.05, 3.63) is 41.7 Å². The third-order valence-corrected chi connectivity index (χ3v) is 11.1. The Balaban J connectivity index is 1.35. The average molecular weight is 714 g/mol. The molecule has 7 atom stereocenters. The summed E-state index contributed by atoms with van der Waals surface area (Å²) in [6, 6.07) is 5.89. The lowest BCUT2D eigenvalue weighted by Crippen LogP contribution is -2.70. The second kappa shape index (κ2) is 16.7. The fraction of sp³-hybridized carbons (Fsp3) is 0.711. The van der Waals surface area contributed by atoms with Gasteiger partial charge in [-0.05, 0) is 42.9 Å². The normalized spacial score (nSPS) is 30.8. The highest BCUT2D eigenvalue weighted by atomic mass is 16.8. The van der Waals surface area contributed by atoms with Crippen molar-refractivity contribution in [2.24, 2.45) is 5.41 Å². The number of esters is 1. The van der Waals surface area contributed by atoms with Gasteiger partial charge in [0.2, 0.25) is 11.8 Å². The second-order valence-corrected chi connectivity index (χ2v) is 14.5. The van der Waals surface area contributed by atoms with E-state index in [0.717, 1.165) is 49.7 Å². The Morgan fingerprint density at radius 2 is 1.82 bits per heavy atom. The predicted molar refractivity (Wildman–Crippen MR) is 185 cm³/mol. The number of fused-ring (bicyclic) bond motifs is 4. The van der Waals surface area contributed by atoms with Gasteiger partial charge < -0.3 is 39.4 Å². The van der Waals surface area contributed by atoms with Crippen molar-refractivity contribution < 1.29 is 48.4 Å². The highest BCUT2D eigenvalue weighted by molar-refractivity contribution is 5.96. The summed E-state index contributed by atoms with van der Waals surface area (Å²) >= 11 is 0. The van der Waals surface area contributed by atoms with E-state index in [2.05, 4.69) is 19.2 Å². The first-order valence-corrected chi connectivity index (χ1v) is 19.0. The van der Waals surface area contributed by atoms with Crippen LogP contribution in [-0.2, 0) is 44.7 Å². The maximum atomic E-state index is 15.2. The Bertz CT molecular complexity index is 1400. The molecule has 5 aliphatic rings. The molecule has 4 saturated heterocycles. The van der Waals surface area contributed by atoms with Crippen molar-refractivity contribution in [1.82, 2.24) is 15.3 Å². The quantitative estimate of drug-likeness (QED) is 0.117. The van der Waals surface area contributed by atoms with Crippen LogP contribution in [0, 0.1) is 5.41 Å². The number of nitrogens with one attached hydrogen (secondary N) is 1. The molecule has 2 amide bonds. The maximum absolute atomic E-state index is 15.2. The monoisotopic (exact) mass is 713 g/mol. The van der Waals surface area contributed by atoms with Crippen molar-refractivity contribution >= 4 is 23.9 Å². The third kappa shape index (κ3) is 7.56. The molecule has 3 N–H and O–H groups in total. The molecule has 0 aromatic heterocycles. The van der Waals surface area contributed by atoms with Gasteiger partial charge in [-0.2, -0.15) is 5.06 Å². The lowest BCUT2D eigenvalue weighted by molar-refractivity contribution is -0.225. The minimum absolute atomic E-state index is 0.0859. The molecule has 2 bridgehead atoms. The van der Waals surface area contributed by atoms with E-state index in [1.165, 1.54) is 6.26 Å². The number of hydrogen-bond acceptors (Lipinski definition) is 11. The molecule has 0 spiro atoms. The minimum atomic E-state index is -1.37. The van der Waals surface area contributed by atoms with E-state index in [9.17, 15) is 14.7 Å². The zero-order chi connectivity index (χ0) is 36.0. The van der Waals surface area contributed by atoms with Crippen LogP contribution in [0.1, 0.15) is 95.6 Å². The fourth-order valence-corrected chi connectivity index (χ4v) is 8.75. The van der Waals surface area contributed by atoms with Gasteiger partial charge in [-0.3, -0.25) is 19.2 Å². The molecule has 1 saturated carbocycles. The molecule has 1 aliphatic carbocycles. The number of likely N-dealkylation sites (tertiary alicyclic amines) is 1. The number of rotatable bonds is 18. The van der Waals surface area contributed by atoms with Crippen LogP contribution >= 0.6 is 0 Å². The Morgan fingerprint density at radius 3 is 2.55 bits per heavy atom. The van der Waals surface area contributed by atoms with Gasteiger partial charge in [-0.25, -0.2) is 0 Å². The van der Waals surface area contributed by atoms with E-state index >= 15 is 4.79 Å². The molecule has 4 heterocycles. The molecular formula is C38H55N3O10. The number of carbonyl (C=O) groups is 3. The van der Waals surface area contributed by atoms with Crippen LogP contribution < -0.4 is 5.32 Å². The van der Waals surface area contributed by atoms with Gasteiger partial charge >= 0.3 is 5.97 Å². The van der Waals surface area contributed by atoms with Crippen LogP contribution in [0.4, 0.5) is 0 Å². The molecule has 51 heavy (non-hydrogen) atoms. The van der Waals surface area contributed by atoms with Crippen molar-refractivity contribution in [3.63, 3.8) is 0 Å². The molecule has 13 heteroatoms. The number of benzene rings is 1. The number of amides is 2. The Labute approximate surface area is 300 Å². The summed E-state index contributed by atoms with van der Waals surface area (Å²) in [4.78, 5) is 51.1. The summed E-state index contributed by atoms with van der Waals surface area (Å²) < 4.78 is 25.4. The molecular weight excluding hydrogens is 658 g/mol. The van der Waals surface area contributed by atoms with Gasteiger partial charge in [-0.15, -0.1) is 0 Å². The van der Waals surface area contributed by atoms with Crippen LogP contribution in [-0.4, -0.2) is 113 Å². The third-order valence-electron chi connectivity index (χ3n) is 11.1. The van der Waals surface area contributed by atoms with Gasteiger partial charge in [0, 0.05) is 32.4 Å². The fourth-order valence-electron chi connectivity index (χ4n) is 8.75. The number of nitrogens with zero attached hydrogens (tertiary/aromatic N) is 2. The van der Waals surface area contributed by atoms with Gasteiger partial charge in [0.1, 0.15) is 42.5 Å². The van der Waals surface area contributed by atoms with Gasteiger partial charge in [0.05, 0.1) is 26.0 Å². The minimum Gasteiger partial charge on any atom is -0.499 e. The number of aliphatic hydroxyl groups excluding tert-OH is 2. The zero-order valence-corrected chi connectivity index (χ0v) is 30.0. The van der Waals surface area contributed by atoms with E-state index in [-0.39, 0.29) is 51.1 Å². The molecule has 6 rings (SSSR count). The lowest BCUT2D eigenvalue weighted by atomic mass is 9.62. The highest BCUT2D eigenvalue weighted by Crippen LogP contribution is 2.59. The predicted octanol–water partition coefficient (Wildman–Crippen LogP) is 3.21. The molecule has 4 aliphatic heterocycles. The van der Waals surface area contributed by atoms with Crippen molar-refractivity contribution in [1.29, 1.82) is 0 Å². The first kappa shape index (κ1) is 37.7. The molecule has 282 valence electrons. The van der Waals surface area contributed by atoms with Crippen molar-refractivity contribution in [3.8, 4) is 0 Å². The Morgan fingerprint density at radius 1 is 1.06 bits per heavy atom.